The summed E-state index contributed by atoms with van der Waals surface area (Å²) in [7, 11) is 4.22. The Bertz CT molecular complexity index is 1290. The van der Waals surface area contributed by atoms with Crippen LogP contribution in [0.4, 0.5) is 0 Å². The van der Waals surface area contributed by atoms with E-state index in [9.17, 15) is 9.90 Å². The minimum atomic E-state index is -0.890. The number of para-hydroxylation sites is 1. The summed E-state index contributed by atoms with van der Waals surface area (Å²) in [6.07, 6.45) is 7.02. The van der Waals surface area contributed by atoms with Gasteiger partial charge in [0.1, 0.15) is 18.0 Å². The maximum absolute atomic E-state index is 12.0. The maximum atomic E-state index is 12.0. The van der Waals surface area contributed by atoms with E-state index in [2.05, 4.69) is 41.8 Å². The van der Waals surface area contributed by atoms with Gasteiger partial charge >= 0.3 is 5.97 Å². The molecule has 0 unspecified atom stereocenters. The van der Waals surface area contributed by atoms with Crippen molar-refractivity contribution in [3.63, 3.8) is 0 Å². The summed E-state index contributed by atoms with van der Waals surface area (Å²) in [6.45, 7) is 2.85. The molecular formula is C30H36N2O4. The van der Waals surface area contributed by atoms with Gasteiger partial charge in [-0.15, -0.1) is 0 Å². The van der Waals surface area contributed by atoms with E-state index in [0.717, 1.165) is 29.8 Å². The van der Waals surface area contributed by atoms with Crippen molar-refractivity contribution in [2.24, 2.45) is 5.92 Å². The van der Waals surface area contributed by atoms with Gasteiger partial charge in [0, 0.05) is 23.0 Å². The van der Waals surface area contributed by atoms with Gasteiger partial charge in [-0.25, -0.2) is 4.79 Å². The molecule has 1 saturated heterocycles. The van der Waals surface area contributed by atoms with Crippen molar-refractivity contribution in [3.8, 4) is 17.0 Å². The van der Waals surface area contributed by atoms with Crippen LogP contribution in [0.1, 0.15) is 60.4 Å². The van der Waals surface area contributed by atoms with Crippen molar-refractivity contribution >= 4 is 16.9 Å². The SMILES string of the molecule is CN(C)C[C@H]1CO[C@]2(COc3ccccc3-c3c(C4CCCCC4)c4ccc(C(=O)O)cc4n3C2)C1. The van der Waals surface area contributed by atoms with Gasteiger partial charge in [-0.3, -0.25) is 0 Å². The predicted molar refractivity (Wildman–Crippen MR) is 141 cm³/mol. The molecule has 190 valence electrons. The number of ether oxygens (including phenoxy) is 2. The largest absolute Gasteiger partial charge is 0.490 e. The van der Waals surface area contributed by atoms with E-state index in [0.29, 0.717) is 37.2 Å². The van der Waals surface area contributed by atoms with E-state index < -0.39 is 11.6 Å². The number of carbonyl (C=O) groups is 1. The van der Waals surface area contributed by atoms with Gasteiger partial charge < -0.3 is 24.0 Å². The predicted octanol–water partition coefficient (Wildman–Crippen LogP) is 5.78. The third kappa shape index (κ3) is 4.10. The first-order valence-corrected chi connectivity index (χ1v) is 13.3. The number of hydrogen-bond acceptors (Lipinski definition) is 4. The summed E-state index contributed by atoms with van der Waals surface area (Å²) in [5.41, 5.74) is 4.53. The van der Waals surface area contributed by atoms with Crippen LogP contribution < -0.4 is 4.74 Å². The molecule has 0 radical (unpaired) electrons. The molecule has 1 aromatic heterocycles. The van der Waals surface area contributed by atoms with Crippen LogP contribution in [0, 0.1) is 5.92 Å². The van der Waals surface area contributed by atoms with E-state index in [4.69, 9.17) is 9.47 Å². The molecule has 2 fully saturated rings. The number of rotatable bonds is 4. The van der Waals surface area contributed by atoms with Gasteiger partial charge in [-0.1, -0.05) is 37.5 Å². The Morgan fingerprint density at radius 3 is 2.72 bits per heavy atom. The third-order valence-electron chi connectivity index (χ3n) is 8.35. The van der Waals surface area contributed by atoms with Crippen molar-refractivity contribution in [1.82, 2.24) is 9.47 Å². The maximum Gasteiger partial charge on any atom is 0.335 e. The molecule has 6 nitrogen and oxygen atoms in total. The van der Waals surface area contributed by atoms with Crippen LogP contribution in [0.3, 0.4) is 0 Å². The smallest absolute Gasteiger partial charge is 0.335 e. The van der Waals surface area contributed by atoms with Crippen LogP contribution in [-0.4, -0.2) is 60.0 Å². The Balaban J connectivity index is 1.58. The fraction of sp³-hybridized carbons (Fsp3) is 0.500. The Labute approximate surface area is 212 Å². The summed E-state index contributed by atoms with van der Waals surface area (Å²) in [6, 6.07) is 14.0. The van der Waals surface area contributed by atoms with Gasteiger partial charge in [0.25, 0.3) is 0 Å². The van der Waals surface area contributed by atoms with E-state index in [1.54, 1.807) is 6.07 Å². The van der Waals surface area contributed by atoms with Gasteiger partial charge in [0.05, 0.1) is 24.4 Å². The second-order valence-corrected chi connectivity index (χ2v) is 11.3. The highest BCUT2D eigenvalue weighted by Crippen LogP contribution is 2.48. The van der Waals surface area contributed by atoms with Crippen molar-refractivity contribution in [3.05, 3.63) is 53.6 Å². The van der Waals surface area contributed by atoms with Gasteiger partial charge in [0.15, 0.2) is 0 Å². The Kier molecular flexibility index (Phi) is 6.05. The van der Waals surface area contributed by atoms with Crippen molar-refractivity contribution < 1.29 is 19.4 Å². The summed E-state index contributed by atoms with van der Waals surface area (Å²) in [5.74, 6) is 0.897. The molecule has 0 amide bonds. The second-order valence-electron chi connectivity index (χ2n) is 11.3. The number of carboxylic acids is 1. The molecule has 1 aliphatic carbocycles. The van der Waals surface area contributed by atoms with E-state index >= 15 is 0 Å². The van der Waals surface area contributed by atoms with Crippen LogP contribution in [0.2, 0.25) is 0 Å². The molecule has 3 aromatic rings. The minimum Gasteiger partial charge on any atom is -0.490 e. The van der Waals surface area contributed by atoms with E-state index in [1.165, 1.54) is 48.7 Å². The molecule has 1 saturated carbocycles. The minimum absolute atomic E-state index is 0.330. The fourth-order valence-electron chi connectivity index (χ4n) is 6.88. The highest BCUT2D eigenvalue weighted by Gasteiger charge is 2.44. The molecule has 1 spiro atoms. The Morgan fingerprint density at radius 2 is 1.94 bits per heavy atom. The lowest BCUT2D eigenvalue weighted by Gasteiger charge is -2.34. The van der Waals surface area contributed by atoms with Crippen LogP contribution in [0.5, 0.6) is 5.75 Å². The zero-order chi connectivity index (χ0) is 24.9. The summed E-state index contributed by atoms with van der Waals surface area (Å²) in [5, 5.41) is 11.0. The summed E-state index contributed by atoms with van der Waals surface area (Å²) in [4.78, 5) is 14.2. The average Bonchev–Trinajstić information content (AvgIpc) is 3.40. The summed E-state index contributed by atoms with van der Waals surface area (Å²) >= 11 is 0. The second kappa shape index (κ2) is 9.24. The zero-order valence-corrected chi connectivity index (χ0v) is 21.3. The lowest BCUT2D eigenvalue weighted by Crippen LogP contribution is -2.41. The lowest BCUT2D eigenvalue weighted by atomic mass is 9.81. The van der Waals surface area contributed by atoms with Crippen LogP contribution in [0.15, 0.2) is 42.5 Å². The van der Waals surface area contributed by atoms with Crippen LogP contribution in [-0.2, 0) is 11.3 Å². The monoisotopic (exact) mass is 488 g/mol. The normalized spacial score (nSPS) is 24.4. The standard InChI is InChI=1S/C30H36N2O4/c1-31(2)16-20-15-30(36-17-20)18-32-25-14-22(29(33)34)12-13-23(25)27(21-8-4-3-5-9-21)28(32)24-10-6-7-11-26(24)35-19-30/h6-7,10-14,20-21H,3-5,8-9,15-19H2,1-2H3,(H,33,34)/t20-,30+/m0/s1. The molecule has 2 atom stereocenters. The van der Waals surface area contributed by atoms with Crippen molar-refractivity contribution in [2.45, 2.75) is 56.6 Å². The topological polar surface area (TPSA) is 63.9 Å². The molecule has 6 heteroatoms. The number of fused-ring (bicyclic) bond motifs is 5. The third-order valence-corrected chi connectivity index (χ3v) is 8.35. The number of aromatic nitrogens is 1. The number of aromatic carboxylic acids is 1. The fourth-order valence-corrected chi connectivity index (χ4v) is 6.88. The molecule has 3 heterocycles. The Morgan fingerprint density at radius 1 is 1.14 bits per heavy atom. The molecule has 1 N–H and O–H groups in total. The molecular weight excluding hydrogens is 452 g/mol. The number of carboxylic acid groups (broad SMARTS) is 1. The highest BCUT2D eigenvalue weighted by molar-refractivity contribution is 5.98. The van der Waals surface area contributed by atoms with E-state index in [1.807, 2.05) is 18.2 Å². The first-order valence-electron chi connectivity index (χ1n) is 13.3. The molecule has 2 aliphatic heterocycles. The number of hydrogen-bond donors (Lipinski definition) is 1. The van der Waals surface area contributed by atoms with Crippen LogP contribution >= 0.6 is 0 Å². The first-order chi connectivity index (χ1) is 17.4. The summed E-state index contributed by atoms with van der Waals surface area (Å²) < 4.78 is 15.5. The quantitative estimate of drug-likeness (QED) is 0.504. The van der Waals surface area contributed by atoms with E-state index in [-0.39, 0.29) is 0 Å². The Hall–Kier alpha value is -2.83. The average molecular weight is 489 g/mol. The van der Waals surface area contributed by atoms with Gasteiger partial charge in [-0.2, -0.15) is 0 Å². The van der Waals surface area contributed by atoms with Crippen molar-refractivity contribution in [1.29, 1.82) is 0 Å². The first kappa shape index (κ1) is 23.6. The lowest BCUT2D eigenvalue weighted by molar-refractivity contribution is -0.0429. The highest BCUT2D eigenvalue weighted by atomic mass is 16.5. The molecule has 36 heavy (non-hydrogen) atoms. The molecule has 2 aromatic carbocycles. The molecule has 6 rings (SSSR count). The number of benzene rings is 2. The number of nitrogens with zero attached hydrogens (tertiary/aromatic N) is 2. The van der Waals surface area contributed by atoms with Gasteiger partial charge in [-0.05, 0) is 75.0 Å². The molecule has 3 aliphatic rings. The van der Waals surface area contributed by atoms with Crippen molar-refractivity contribution in [2.75, 3.05) is 33.9 Å². The van der Waals surface area contributed by atoms with Crippen LogP contribution in [0.25, 0.3) is 22.2 Å². The molecule has 0 bridgehead atoms. The zero-order valence-electron chi connectivity index (χ0n) is 21.3. The van der Waals surface area contributed by atoms with Gasteiger partial charge in [0.2, 0.25) is 0 Å².